The van der Waals surface area contributed by atoms with Crippen LogP contribution in [-0.2, 0) is 27.2 Å². The van der Waals surface area contributed by atoms with Crippen molar-refractivity contribution in [2.45, 2.75) is 47.0 Å². The summed E-state index contributed by atoms with van der Waals surface area (Å²) in [6.45, 7) is 8.24. The molecule has 2 N–H and O–H groups in total. The highest BCUT2D eigenvalue weighted by atomic mass is 32.1. The van der Waals surface area contributed by atoms with Gasteiger partial charge in [0.2, 0.25) is 11.8 Å². The molecule has 0 aliphatic heterocycles. The number of nitrogens with zero attached hydrogens (tertiary/aromatic N) is 1. The highest BCUT2D eigenvalue weighted by molar-refractivity contribution is 7.17. The number of aryl methyl sites for hydroxylation is 3. The van der Waals surface area contributed by atoms with Crippen molar-refractivity contribution in [1.82, 2.24) is 4.90 Å². The molecule has 1 heterocycles. The molecule has 1 atom stereocenters. The van der Waals surface area contributed by atoms with Gasteiger partial charge in [0.1, 0.15) is 5.00 Å². The molecule has 0 saturated heterocycles. The van der Waals surface area contributed by atoms with Gasteiger partial charge in [0, 0.05) is 10.6 Å². The van der Waals surface area contributed by atoms with Gasteiger partial charge in [-0.1, -0.05) is 24.6 Å². The molecule has 1 aliphatic carbocycles. The Kier molecular flexibility index (Phi) is 7.92. The highest BCUT2D eigenvalue weighted by Gasteiger charge is 2.29. The van der Waals surface area contributed by atoms with Crippen LogP contribution in [0.4, 0.5) is 10.7 Å². The zero-order valence-corrected chi connectivity index (χ0v) is 21.1. The molecular formula is C25H33N3O4S. The Labute approximate surface area is 199 Å². The molecule has 0 fully saturated rings. The van der Waals surface area contributed by atoms with Gasteiger partial charge in [0.25, 0.3) is 0 Å². The summed E-state index contributed by atoms with van der Waals surface area (Å²) < 4.78 is 4.98. The van der Waals surface area contributed by atoms with Gasteiger partial charge in [-0.15, -0.1) is 11.3 Å². The molecule has 0 spiro atoms. The van der Waals surface area contributed by atoms with Gasteiger partial charge in [0.15, 0.2) is 0 Å². The van der Waals surface area contributed by atoms with Crippen molar-refractivity contribution < 1.29 is 19.1 Å². The van der Waals surface area contributed by atoms with E-state index in [9.17, 15) is 14.4 Å². The average molecular weight is 472 g/mol. The first-order chi connectivity index (χ1) is 15.6. The van der Waals surface area contributed by atoms with Crippen LogP contribution in [0, 0.1) is 26.7 Å². The molecule has 7 nitrogen and oxygen atoms in total. The molecule has 1 aromatic carbocycles. The van der Waals surface area contributed by atoms with Crippen molar-refractivity contribution in [1.29, 1.82) is 0 Å². The summed E-state index contributed by atoms with van der Waals surface area (Å²) in [6.07, 6.45) is 2.72. The molecule has 0 radical (unpaired) electrons. The van der Waals surface area contributed by atoms with Gasteiger partial charge in [-0.25, -0.2) is 4.79 Å². The van der Waals surface area contributed by atoms with Crippen LogP contribution in [0.3, 0.4) is 0 Å². The van der Waals surface area contributed by atoms with E-state index in [1.165, 1.54) is 18.4 Å². The Hall–Kier alpha value is -2.71. The van der Waals surface area contributed by atoms with Crippen LogP contribution in [0.1, 0.15) is 50.8 Å². The summed E-state index contributed by atoms with van der Waals surface area (Å²) in [5.41, 5.74) is 5.44. The van der Waals surface area contributed by atoms with E-state index in [0.717, 1.165) is 52.1 Å². The van der Waals surface area contributed by atoms with Crippen LogP contribution >= 0.6 is 11.3 Å². The van der Waals surface area contributed by atoms with Gasteiger partial charge >= 0.3 is 5.97 Å². The van der Waals surface area contributed by atoms with Crippen LogP contribution in [0.15, 0.2) is 12.1 Å². The van der Waals surface area contributed by atoms with E-state index in [0.29, 0.717) is 16.5 Å². The Morgan fingerprint density at radius 2 is 1.70 bits per heavy atom. The van der Waals surface area contributed by atoms with E-state index in [2.05, 4.69) is 17.6 Å². The quantitative estimate of drug-likeness (QED) is 0.594. The van der Waals surface area contributed by atoms with E-state index in [-0.39, 0.29) is 24.9 Å². The topological polar surface area (TPSA) is 87.7 Å². The normalized spacial score (nSPS) is 15.2. The number of esters is 1. The smallest absolute Gasteiger partial charge is 0.341 e. The monoisotopic (exact) mass is 471 g/mol. The number of amides is 2. The second-order valence-corrected chi connectivity index (χ2v) is 10.2. The summed E-state index contributed by atoms with van der Waals surface area (Å²) in [7, 11) is 3.07. The lowest BCUT2D eigenvalue weighted by Gasteiger charge is -2.18. The number of rotatable bonds is 7. The van der Waals surface area contributed by atoms with Crippen LogP contribution in [0.2, 0.25) is 0 Å². The standard InChI is InChI=1S/C25H33N3O4S/c1-14-7-8-18-19(11-14)33-24(22(18)25(31)32-6)27-21(30)13-28(5)12-20(29)26-23-16(3)9-15(2)10-17(23)4/h9-10,14H,7-8,11-13H2,1-6H3,(H,26,29)(H,27,30). The Morgan fingerprint density at radius 1 is 1.09 bits per heavy atom. The van der Waals surface area contributed by atoms with Crippen LogP contribution in [-0.4, -0.2) is 49.9 Å². The lowest BCUT2D eigenvalue weighted by Crippen LogP contribution is -2.36. The molecule has 178 valence electrons. The third-order valence-corrected chi connectivity index (χ3v) is 7.09. The molecule has 1 aromatic heterocycles. The van der Waals surface area contributed by atoms with Crippen molar-refractivity contribution >= 4 is 39.8 Å². The number of carbonyl (C=O) groups is 3. The van der Waals surface area contributed by atoms with Crippen molar-refractivity contribution in [2.75, 3.05) is 37.9 Å². The molecule has 1 unspecified atom stereocenters. The molecule has 8 heteroatoms. The van der Waals surface area contributed by atoms with Crippen LogP contribution in [0.25, 0.3) is 0 Å². The third-order valence-electron chi connectivity index (χ3n) is 5.92. The number of ether oxygens (including phenoxy) is 1. The number of methoxy groups -OCH3 is 1. The fraction of sp³-hybridized carbons (Fsp3) is 0.480. The Morgan fingerprint density at radius 3 is 2.30 bits per heavy atom. The number of likely N-dealkylation sites (N-methyl/N-ethyl adjacent to an activating group) is 1. The summed E-state index contributed by atoms with van der Waals surface area (Å²) in [5.74, 6) is -0.328. The van der Waals surface area contributed by atoms with Crippen molar-refractivity contribution in [2.24, 2.45) is 5.92 Å². The van der Waals surface area contributed by atoms with E-state index in [4.69, 9.17) is 4.74 Å². The van der Waals surface area contributed by atoms with E-state index >= 15 is 0 Å². The maximum atomic E-state index is 12.7. The number of nitrogens with one attached hydrogen (secondary N) is 2. The maximum Gasteiger partial charge on any atom is 0.341 e. The maximum absolute atomic E-state index is 12.7. The summed E-state index contributed by atoms with van der Waals surface area (Å²) >= 11 is 1.45. The minimum Gasteiger partial charge on any atom is -0.465 e. The lowest BCUT2D eigenvalue weighted by atomic mass is 9.88. The molecule has 33 heavy (non-hydrogen) atoms. The number of carbonyl (C=O) groups excluding carboxylic acids is 3. The minimum absolute atomic E-state index is 0.0267. The van der Waals surface area contributed by atoms with Gasteiger partial charge in [0.05, 0.1) is 25.8 Å². The van der Waals surface area contributed by atoms with Gasteiger partial charge in [-0.05, 0) is 69.7 Å². The first-order valence-electron chi connectivity index (χ1n) is 11.2. The number of hydrogen-bond acceptors (Lipinski definition) is 6. The summed E-state index contributed by atoms with van der Waals surface area (Å²) in [6, 6.07) is 4.06. The van der Waals surface area contributed by atoms with E-state index < -0.39 is 5.97 Å². The predicted molar refractivity (Wildman–Crippen MR) is 132 cm³/mol. The van der Waals surface area contributed by atoms with E-state index in [1.54, 1.807) is 11.9 Å². The number of thiophene rings is 1. The van der Waals surface area contributed by atoms with E-state index in [1.807, 2.05) is 32.9 Å². The molecule has 0 bridgehead atoms. The van der Waals surface area contributed by atoms with Gasteiger partial charge in [-0.2, -0.15) is 0 Å². The second-order valence-electron chi connectivity index (χ2n) is 9.09. The third kappa shape index (κ3) is 6.00. The van der Waals surface area contributed by atoms with Gasteiger partial charge in [-0.3, -0.25) is 14.5 Å². The Bertz CT molecular complexity index is 1050. The first-order valence-corrected chi connectivity index (χ1v) is 12.0. The van der Waals surface area contributed by atoms with Crippen molar-refractivity contribution in [3.63, 3.8) is 0 Å². The van der Waals surface area contributed by atoms with Crippen molar-refractivity contribution in [3.05, 3.63) is 44.8 Å². The van der Waals surface area contributed by atoms with Gasteiger partial charge < -0.3 is 15.4 Å². The largest absolute Gasteiger partial charge is 0.465 e. The molecule has 1 aliphatic rings. The number of fused-ring (bicyclic) bond motifs is 1. The second kappa shape index (κ2) is 10.5. The van der Waals surface area contributed by atoms with Crippen LogP contribution in [0.5, 0.6) is 0 Å². The molecule has 0 saturated carbocycles. The SMILES string of the molecule is COC(=O)c1c(NC(=O)CN(C)CC(=O)Nc2c(C)cc(C)cc2C)sc2c1CCC(C)C2. The van der Waals surface area contributed by atoms with Crippen LogP contribution < -0.4 is 10.6 Å². The number of hydrogen-bond donors (Lipinski definition) is 2. The molecule has 2 aromatic rings. The minimum atomic E-state index is -0.422. The number of anilines is 2. The first kappa shape index (κ1) is 24.9. The summed E-state index contributed by atoms with van der Waals surface area (Å²) in [5, 5.41) is 6.38. The zero-order chi connectivity index (χ0) is 24.3. The summed E-state index contributed by atoms with van der Waals surface area (Å²) in [4.78, 5) is 40.5. The highest BCUT2D eigenvalue weighted by Crippen LogP contribution is 2.40. The lowest BCUT2D eigenvalue weighted by molar-refractivity contribution is -0.119. The van der Waals surface area contributed by atoms with Crippen molar-refractivity contribution in [3.8, 4) is 0 Å². The Balaban J connectivity index is 1.63. The molecule has 3 rings (SSSR count). The predicted octanol–water partition coefficient (Wildman–Crippen LogP) is 4.09. The number of benzene rings is 1. The molecule has 2 amide bonds. The zero-order valence-electron chi connectivity index (χ0n) is 20.3. The fourth-order valence-corrected chi connectivity index (χ4v) is 5.84. The fourth-order valence-electron chi connectivity index (χ4n) is 4.43. The average Bonchev–Trinajstić information content (AvgIpc) is 3.06. The molecular weight excluding hydrogens is 438 g/mol.